The first-order valence-electron chi connectivity index (χ1n) is 7.28. The van der Waals surface area contributed by atoms with Gasteiger partial charge in [-0.2, -0.15) is 11.8 Å². The summed E-state index contributed by atoms with van der Waals surface area (Å²) < 4.78 is -0.292. The van der Waals surface area contributed by atoms with E-state index in [4.69, 9.17) is 5.73 Å². The molecule has 118 valence electrons. The zero-order chi connectivity index (χ0) is 16.3. The van der Waals surface area contributed by atoms with Crippen LogP contribution in [-0.2, 0) is 11.3 Å². The molecule has 2 aromatic rings. The van der Waals surface area contributed by atoms with Crippen molar-refractivity contribution in [3.63, 3.8) is 0 Å². The lowest BCUT2D eigenvalue weighted by atomic mass is 10.0. The lowest BCUT2D eigenvalue weighted by molar-refractivity contribution is -0.123. The van der Waals surface area contributed by atoms with Crippen LogP contribution in [0.1, 0.15) is 25.0 Å². The van der Waals surface area contributed by atoms with Gasteiger partial charge in [0.05, 0.1) is 11.6 Å². The van der Waals surface area contributed by atoms with Crippen LogP contribution in [0.4, 0.5) is 0 Å². The lowest BCUT2D eigenvalue weighted by Gasteiger charge is -2.28. The van der Waals surface area contributed by atoms with Gasteiger partial charge in [-0.25, -0.2) is 0 Å². The fraction of sp³-hybridized carbons (Fsp3) is 0.412. The van der Waals surface area contributed by atoms with Crippen molar-refractivity contribution in [3.8, 4) is 0 Å². The Morgan fingerprint density at radius 1 is 1.41 bits per heavy atom. The van der Waals surface area contributed by atoms with Crippen LogP contribution < -0.4 is 11.1 Å². The molecule has 0 saturated heterocycles. The number of nitrogens with zero attached hydrogens (tertiary/aromatic N) is 1. The molecule has 1 aromatic heterocycles. The second-order valence-electron chi connectivity index (χ2n) is 5.93. The number of fused-ring (bicyclic) bond motifs is 1. The number of aromatic nitrogens is 1. The molecule has 0 aliphatic rings. The summed E-state index contributed by atoms with van der Waals surface area (Å²) in [7, 11) is 0. The zero-order valence-corrected chi connectivity index (χ0v) is 14.3. The topological polar surface area (TPSA) is 68.0 Å². The molecule has 0 aliphatic carbocycles. The maximum Gasteiger partial charge on any atom is 0.238 e. The van der Waals surface area contributed by atoms with Gasteiger partial charge in [0.2, 0.25) is 5.91 Å². The first kappa shape index (κ1) is 16.8. The highest BCUT2D eigenvalue weighted by atomic mass is 32.2. The van der Waals surface area contributed by atoms with Gasteiger partial charge in [0.25, 0.3) is 0 Å². The Morgan fingerprint density at radius 2 is 2.14 bits per heavy atom. The second-order valence-corrected chi connectivity index (χ2v) is 7.39. The van der Waals surface area contributed by atoms with Gasteiger partial charge in [-0.15, -0.1) is 0 Å². The SMILES string of the molecule is CSC(C)(C)[C@H](N)C(=O)NCc1c(C)ccc2ncccc12. The summed E-state index contributed by atoms with van der Waals surface area (Å²) in [5.74, 6) is -0.125. The molecule has 3 N–H and O–H groups in total. The number of carbonyl (C=O) groups is 1. The monoisotopic (exact) mass is 317 g/mol. The van der Waals surface area contributed by atoms with E-state index in [1.807, 2.05) is 51.3 Å². The highest BCUT2D eigenvalue weighted by molar-refractivity contribution is 8.00. The highest BCUT2D eigenvalue weighted by Gasteiger charge is 2.31. The van der Waals surface area contributed by atoms with E-state index in [2.05, 4.69) is 10.3 Å². The van der Waals surface area contributed by atoms with Crippen LogP contribution in [0.2, 0.25) is 0 Å². The Bertz CT molecular complexity index is 685. The van der Waals surface area contributed by atoms with E-state index in [1.54, 1.807) is 18.0 Å². The Morgan fingerprint density at radius 3 is 2.82 bits per heavy atom. The third-order valence-corrected chi connectivity index (χ3v) is 5.43. The number of nitrogens with two attached hydrogens (primary N) is 1. The fourth-order valence-electron chi connectivity index (χ4n) is 2.29. The minimum absolute atomic E-state index is 0.125. The average molecular weight is 317 g/mol. The normalized spacial score (nSPS) is 13.1. The van der Waals surface area contributed by atoms with E-state index in [0.717, 1.165) is 22.0 Å². The standard InChI is InChI=1S/C17H23N3OS/c1-11-7-8-14-12(6-5-9-19-14)13(11)10-20-16(21)15(18)17(2,3)22-4/h5-9,15H,10,18H2,1-4H3,(H,20,21)/t15-/m1/s1. The van der Waals surface area contributed by atoms with Gasteiger partial charge in [-0.3, -0.25) is 9.78 Å². The summed E-state index contributed by atoms with van der Waals surface area (Å²) in [4.78, 5) is 16.7. The number of amides is 1. The Hall–Kier alpha value is -1.59. The van der Waals surface area contributed by atoms with Crippen LogP contribution in [0.25, 0.3) is 10.9 Å². The van der Waals surface area contributed by atoms with E-state index in [0.29, 0.717) is 6.54 Å². The van der Waals surface area contributed by atoms with Crippen molar-refractivity contribution < 1.29 is 4.79 Å². The van der Waals surface area contributed by atoms with Crippen molar-refractivity contribution in [1.29, 1.82) is 0 Å². The van der Waals surface area contributed by atoms with Crippen molar-refractivity contribution in [2.24, 2.45) is 5.73 Å². The summed E-state index contributed by atoms with van der Waals surface area (Å²) in [5.41, 5.74) is 9.24. The van der Waals surface area contributed by atoms with Gasteiger partial charge in [-0.05, 0) is 50.3 Å². The van der Waals surface area contributed by atoms with Crippen LogP contribution in [-0.4, -0.2) is 27.9 Å². The predicted molar refractivity (Wildman–Crippen MR) is 93.9 cm³/mol. The number of benzene rings is 1. The quantitative estimate of drug-likeness (QED) is 0.889. The predicted octanol–water partition coefficient (Wildman–Crippen LogP) is 2.63. The summed E-state index contributed by atoms with van der Waals surface area (Å²) in [6, 6.07) is 7.43. The smallest absolute Gasteiger partial charge is 0.238 e. The Balaban J connectivity index is 2.19. The molecule has 4 nitrogen and oxygen atoms in total. The third kappa shape index (κ3) is 3.42. The number of carbonyl (C=O) groups excluding carboxylic acids is 1. The first-order chi connectivity index (χ1) is 10.4. The number of aryl methyl sites for hydroxylation is 1. The minimum Gasteiger partial charge on any atom is -0.351 e. The van der Waals surface area contributed by atoms with Crippen molar-refractivity contribution >= 4 is 28.6 Å². The van der Waals surface area contributed by atoms with Crippen molar-refractivity contribution in [3.05, 3.63) is 41.6 Å². The molecule has 0 aliphatic heterocycles. The van der Waals surface area contributed by atoms with Crippen LogP contribution in [0, 0.1) is 6.92 Å². The highest BCUT2D eigenvalue weighted by Crippen LogP contribution is 2.25. The number of nitrogens with one attached hydrogen (secondary N) is 1. The minimum atomic E-state index is -0.545. The first-order valence-corrected chi connectivity index (χ1v) is 8.51. The van der Waals surface area contributed by atoms with Crippen LogP contribution >= 0.6 is 11.8 Å². The Labute approximate surface area is 135 Å². The summed E-state index contributed by atoms with van der Waals surface area (Å²) >= 11 is 1.60. The van der Waals surface area contributed by atoms with Crippen molar-refractivity contribution in [1.82, 2.24) is 10.3 Å². The maximum absolute atomic E-state index is 12.3. The van der Waals surface area contributed by atoms with Crippen LogP contribution in [0.3, 0.4) is 0 Å². The molecule has 1 aromatic carbocycles. The summed E-state index contributed by atoms with van der Waals surface area (Å²) in [5, 5.41) is 4.04. The number of hydrogen-bond acceptors (Lipinski definition) is 4. The van der Waals surface area contributed by atoms with Crippen LogP contribution in [0.5, 0.6) is 0 Å². The van der Waals surface area contributed by atoms with Gasteiger partial charge in [-0.1, -0.05) is 12.1 Å². The molecule has 1 heterocycles. The molecule has 1 amide bonds. The van der Waals surface area contributed by atoms with E-state index in [-0.39, 0.29) is 10.7 Å². The van der Waals surface area contributed by atoms with Crippen molar-refractivity contribution in [2.45, 2.75) is 38.1 Å². The molecule has 0 bridgehead atoms. The molecule has 22 heavy (non-hydrogen) atoms. The summed E-state index contributed by atoms with van der Waals surface area (Å²) in [6.45, 7) is 6.47. The molecule has 0 unspecified atom stereocenters. The molecule has 0 fully saturated rings. The largest absolute Gasteiger partial charge is 0.351 e. The van der Waals surface area contributed by atoms with Gasteiger partial charge in [0, 0.05) is 22.9 Å². The van der Waals surface area contributed by atoms with E-state index < -0.39 is 6.04 Å². The van der Waals surface area contributed by atoms with E-state index >= 15 is 0 Å². The molecular weight excluding hydrogens is 294 g/mol. The molecule has 0 saturated carbocycles. The molecule has 0 radical (unpaired) electrons. The molecular formula is C17H23N3OS. The third-order valence-electron chi connectivity index (χ3n) is 4.13. The molecule has 0 spiro atoms. The van der Waals surface area contributed by atoms with Gasteiger partial charge < -0.3 is 11.1 Å². The van der Waals surface area contributed by atoms with Crippen molar-refractivity contribution in [2.75, 3.05) is 6.26 Å². The van der Waals surface area contributed by atoms with E-state index in [9.17, 15) is 4.79 Å². The zero-order valence-electron chi connectivity index (χ0n) is 13.5. The number of hydrogen-bond donors (Lipinski definition) is 2. The number of pyridine rings is 1. The molecule has 5 heteroatoms. The lowest BCUT2D eigenvalue weighted by Crippen LogP contribution is -2.51. The fourth-order valence-corrected chi connectivity index (χ4v) is 2.65. The second kappa shape index (κ2) is 6.67. The molecule has 2 rings (SSSR count). The van der Waals surface area contributed by atoms with Gasteiger partial charge in [0.15, 0.2) is 0 Å². The number of rotatable bonds is 5. The van der Waals surface area contributed by atoms with Crippen LogP contribution in [0.15, 0.2) is 30.5 Å². The van der Waals surface area contributed by atoms with Gasteiger partial charge >= 0.3 is 0 Å². The average Bonchev–Trinajstić information content (AvgIpc) is 2.52. The summed E-state index contributed by atoms with van der Waals surface area (Å²) in [6.07, 6.45) is 3.74. The number of thioether (sulfide) groups is 1. The maximum atomic E-state index is 12.3. The van der Waals surface area contributed by atoms with E-state index in [1.165, 1.54) is 0 Å². The Kier molecular flexibility index (Phi) is 5.08. The van der Waals surface area contributed by atoms with Gasteiger partial charge in [0.1, 0.15) is 0 Å². The molecule has 1 atom stereocenters.